The summed E-state index contributed by atoms with van der Waals surface area (Å²) in [4.78, 5) is 71.8. The maximum absolute atomic E-state index is 14.4. The van der Waals surface area contributed by atoms with E-state index >= 15 is 0 Å². The van der Waals surface area contributed by atoms with E-state index in [0.29, 0.717) is 63.4 Å². The van der Waals surface area contributed by atoms with Gasteiger partial charge in [-0.2, -0.15) is 0 Å². The summed E-state index contributed by atoms with van der Waals surface area (Å²) in [6.45, 7) is 12.7. The van der Waals surface area contributed by atoms with E-state index in [1.165, 1.54) is 12.0 Å². The average Bonchev–Trinajstić information content (AvgIpc) is 3.28. The maximum atomic E-state index is 14.4. The molecule has 3 heterocycles. The average molecular weight is 914 g/mol. The Labute approximate surface area is 387 Å². The highest BCUT2D eigenvalue weighted by molar-refractivity contribution is 6.39. The molecule has 65 heavy (non-hydrogen) atoms. The molecule has 4 aliphatic rings. The van der Waals surface area contributed by atoms with Crippen LogP contribution in [0.15, 0.2) is 47.6 Å². The molecule has 14 heteroatoms. The number of methoxy groups -OCH3 is 3. The van der Waals surface area contributed by atoms with Gasteiger partial charge < -0.3 is 43.9 Å². The first-order chi connectivity index (χ1) is 30.7. The quantitative estimate of drug-likeness (QED) is 0.156. The number of amides is 1. The molecule has 0 unspecified atom stereocenters. The van der Waals surface area contributed by atoms with E-state index < -0.39 is 83.9 Å². The van der Waals surface area contributed by atoms with E-state index in [1.807, 2.05) is 58.1 Å². The monoisotopic (exact) mass is 914 g/mol. The molecule has 15 atom stereocenters. The van der Waals surface area contributed by atoms with Crippen molar-refractivity contribution in [3.05, 3.63) is 47.6 Å². The van der Waals surface area contributed by atoms with Gasteiger partial charge in [0, 0.05) is 58.5 Å². The van der Waals surface area contributed by atoms with Crippen LogP contribution in [0.3, 0.4) is 0 Å². The lowest BCUT2D eigenvalue weighted by atomic mass is 9.78. The zero-order chi connectivity index (χ0) is 48.2. The van der Waals surface area contributed by atoms with Crippen LogP contribution in [0.1, 0.15) is 126 Å². The molecule has 1 saturated carbocycles. The minimum Gasteiger partial charge on any atom is -0.460 e. The minimum absolute atomic E-state index is 0.0193. The van der Waals surface area contributed by atoms with Crippen LogP contribution in [0.5, 0.6) is 0 Å². The zero-order valence-electron chi connectivity index (χ0n) is 40.6. The van der Waals surface area contributed by atoms with Gasteiger partial charge >= 0.3 is 5.97 Å². The highest BCUT2D eigenvalue weighted by Gasteiger charge is 2.53. The van der Waals surface area contributed by atoms with Gasteiger partial charge in [-0.15, -0.1) is 0 Å². The molecule has 1 aliphatic carbocycles. The van der Waals surface area contributed by atoms with Gasteiger partial charge in [-0.3, -0.25) is 19.2 Å². The van der Waals surface area contributed by atoms with Crippen molar-refractivity contribution < 1.29 is 63.0 Å². The Morgan fingerprint density at radius 2 is 1.57 bits per heavy atom. The Morgan fingerprint density at radius 1 is 0.846 bits per heavy atom. The molecule has 3 aliphatic heterocycles. The molecule has 0 radical (unpaired) electrons. The number of hydrogen-bond donors (Lipinski definition) is 3. The fraction of sp³-hybridized carbons (Fsp3) is 0.745. The van der Waals surface area contributed by atoms with Gasteiger partial charge in [0.2, 0.25) is 5.79 Å². The van der Waals surface area contributed by atoms with E-state index in [-0.39, 0.29) is 54.8 Å². The van der Waals surface area contributed by atoms with Crippen molar-refractivity contribution in [3.8, 4) is 0 Å². The van der Waals surface area contributed by atoms with Crippen molar-refractivity contribution in [2.24, 2.45) is 35.5 Å². The van der Waals surface area contributed by atoms with Gasteiger partial charge in [0.25, 0.3) is 11.7 Å². The highest BCUT2D eigenvalue weighted by Crippen LogP contribution is 2.38. The summed E-state index contributed by atoms with van der Waals surface area (Å²) in [6, 6.07) is -1.14. The van der Waals surface area contributed by atoms with Crippen LogP contribution in [0.4, 0.5) is 0 Å². The number of rotatable bonds is 6. The first-order valence-corrected chi connectivity index (χ1v) is 23.9. The van der Waals surface area contributed by atoms with Crippen LogP contribution < -0.4 is 0 Å². The second-order valence-electron chi connectivity index (χ2n) is 19.6. The summed E-state index contributed by atoms with van der Waals surface area (Å²) in [5.74, 6) is -7.96. The van der Waals surface area contributed by atoms with E-state index in [9.17, 15) is 39.3 Å². The normalized spacial score (nSPS) is 39.1. The van der Waals surface area contributed by atoms with Gasteiger partial charge in [-0.25, -0.2) is 4.79 Å². The molecule has 4 rings (SSSR count). The van der Waals surface area contributed by atoms with Crippen LogP contribution in [0.2, 0.25) is 0 Å². The summed E-state index contributed by atoms with van der Waals surface area (Å²) < 4.78 is 29.4. The Morgan fingerprint density at radius 3 is 2.25 bits per heavy atom. The van der Waals surface area contributed by atoms with E-state index in [1.54, 1.807) is 41.1 Å². The van der Waals surface area contributed by atoms with Gasteiger partial charge in [0.05, 0.1) is 24.4 Å². The number of fused-ring (bicyclic) bond motifs is 3. The van der Waals surface area contributed by atoms with Crippen molar-refractivity contribution in [1.82, 2.24) is 4.90 Å². The predicted octanol–water partition coefficient (Wildman–Crippen LogP) is 6.18. The largest absolute Gasteiger partial charge is 0.460 e. The molecule has 3 N–H and O–H groups in total. The SMILES string of the molecule is CO[C@H]1C[C@@H]2CC[C@@H](C)[C@@](O)(O2)C(=O)C(=O)N2CCCC[C@H]2C(=O)O[C@H]([C@@H](C)C[C@@H]2CC[C@@H](O)[C@H](OC)C2)CC(=O)[C@H](C)/C=C(\C)[C@@H](O)[C@@H](OC)C(=O)[C@H](C)C[C@H](C)/C=C/C=CC=C1C. The van der Waals surface area contributed by atoms with Gasteiger partial charge in [0.1, 0.15) is 30.1 Å². The number of hydrogen-bond acceptors (Lipinski definition) is 13. The number of ether oxygens (including phenoxy) is 5. The number of ketones is 3. The number of carbonyl (C=O) groups excluding carboxylic acids is 5. The molecule has 2 saturated heterocycles. The lowest BCUT2D eigenvalue weighted by Crippen LogP contribution is -2.61. The lowest BCUT2D eigenvalue weighted by Gasteiger charge is -2.42. The van der Waals surface area contributed by atoms with Gasteiger partial charge in [-0.05, 0) is 107 Å². The molecule has 0 spiro atoms. The molecule has 14 nitrogen and oxygen atoms in total. The maximum Gasteiger partial charge on any atom is 0.329 e. The molecule has 3 fully saturated rings. The first-order valence-electron chi connectivity index (χ1n) is 23.9. The number of nitrogens with zero attached hydrogens (tertiary/aromatic N) is 1. The molecule has 0 aromatic heterocycles. The molecule has 0 aromatic rings. The van der Waals surface area contributed by atoms with Crippen LogP contribution in [0.25, 0.3) is 0 Å². The van der Waals surface area contributed by atoms with Crippen molar-refractivity contribution >= 4 is 29.2 Å². The molecule has 0 aromatic carbocycles. The van der Waals surface area contributed by atoms with Gasteiger partial charge in [0.15, 0.2) is 5.78 Å². The summed E-state index contributed by atoms with van der Waals surface area (Å²) in [6.07, 6.45) is 11.2. The summed E-state index contributed by atoms with van der Waals surface area (Å²) in [5, 5.41) is 33.8. The van der Waals surface area contributed by atoms with Crippen LogP contribution in [-0.4, -0.2) is 132 Å². The number of cyclic esters (lactones) is 1. The number of carbonyl (C=O) groups is 5. The first kappa shape index (κ1) is 54.2. The standard InChI is InChI=1S/C51H79NO13/c1-30-16-12-11-13-17-31(2)42(61-8)28-38-21-19-36(7)51(60,65-38)48(57)49(58)52-23-15-14-18-39(52)50(59)64-43(33(4)26-37-20-22-40(53)44(27-37)62-9)29-41(54)32(3)25-35(6)46(56)47(63-10)45(55)34(5)24-30/h11-13,16-17,25,30,32-34,36-40,42-44,46-47,53,56,60H,14-15,18-24,26-29H2,1-10H3/b13-11?,16-12+,31-17?,35-25+/t30-,32-,33+,34-,36-,37+,38+,39+,40-,42+,43+,44-,46-,47+,51-/m1/s1. The Bertz CT molecular complexity index is 1760. The number of allylic oxidation sites excluding steroid dienone is 6. The third kappa shape index (κ3) is 14.3. The number of aliphatic hydroxyl groups excluding tert-OH is 2. The summed E-state index contributed by atoms with van der Waals surface area (Å²) in [7, 11) is 4.52. The Kier molecular flexibility index (Phi) is 21.0. The number of esters is 1. The second-order valence-corrected chi connectivity index (χ2v) is 19.6. The smallest absolute Gasteiger partial charge is 0.329 e. The fourth-order valence-electron chi connectivity index (χ4n) is 10.1. The topological polar surface area (TPSA) is 195 Å². The number of piperidine rings is 1. The fourth-order valence-corrected chi connectivity index (χ4v) is 10.1. The summed E-state index contributed by atoms with van der Waals surface area (Å²) in [5.41, 5.74) is 1.27. The highest BCUT2D eigenvalue weighted by atomic mass is 16.6. The van der Waals surface area contributed by atoms with Crippen molar-refractivity contribution in [1.29, 1.82) is 0 Å². The van der Waals surface area contributed by atoms with Gasteiger partial charge in [-0.1, -0.05) is 71.1 Å². The third-order valence-electron chi connectivity index (χ3n) is 14.5. The Balaban J connectivity index is 1.70. The van der Waals surface area contributed by atoms with Crippen molar-refractivity contribution in [3.63, 3.8) is 0 Å². The third-order valence-corrected chi connectivity index (χ3v) is 14.5. The molecule has 366 valence electrons. The second kappa shape index (κ2) is 25.1. The Hall–Kier alpha value is -3.37. The van der Waals surface area contributed by atoms with Crippen LogP contribution in [0, 0.1) is 35.5 Å². The number of Topliss-reactive ketones (excluding diaryl/α,β-unsaturated/α-hetero) is 3. The minimum atomic E-state index is -2.43. The van der Waals surface area contributed by atoms with E-state index in [0.717, 1.165) is 12.0 Å². The zero-order valence-corrected chi connectivity index (χ0v) is 40.6. The molecule has 1 amide bonds. The molecular weight excluding hydrogens is 835 g/mol. The number of aliphatic hydroxyl groups is 3. The van der Waals surface area contributed by atoms with Crippen molar-refractivity contribution in [2.75, 3.05) is 27.9 Å². The van der Waals surface area contributed by atoms with Crippen LogP contribution in [-0.2, 0) is 47.7 Å². The molecule has 2 bridgehead atoms. The lowest BCUT2D eigenvalue weighted by molar-refractivity contribution is -0.265. The van der Waals surface area contributed by atoms with Crippen molar-refractivity contribution in [2.45, 2.75) is 180 Å². The summed E-state index contributed by atoms with van der Waals surface area (Å²) >= 11 is 0. The van der Waals surface area contributed by atoms with E-state index in [2.05, 4.69) is 0 Å². The molecular formula is C51H79NO13. The van der Waals surface area contributed by atoms with E-state index in [4.69, 9.17) is 23.7 Å². The predicted molar refractivity (Wildman–Crippen MR) is 245 cm³/mol. The van der Waals surface area contributed by atoms with Crippen LogP contribution >= 0.6 is 0 Å².